The number of carbonyl (C=O) groups is 4. The number of allylic oxidation sites excluding steroid dienone is 1. The minimum atomic E-state index is -1.16. The van der Waals surface area contributed by atoms with Crippen LogP contribution in [0.3, 0.4) is 0 Å². The fourth-order valence-electron chi connectivity index (χ4n) is 13.0. The summed E-state index contributed by atoms with van der Waals surface area (Å²) in [7, 11) is 0. The van der Waals surface area contributed by atoms with Crippen LogP contribution in [0.5, 0.6) is 0 Å². The Morgan fingerprint density at radius 1 is 0.894 bits per heavy atom. The van der Waals surface area contributed by atoms with Crippen LogP contribution in [0, 0.1) is 56.2 Å². The van der Waals surface area contributed by atoms with Gasteiger partial charge in [0.15, 0.2) is 5.78 Å². The molecule has 0 aromatic carbocycles. The number of aliphatic carboxylic acids is 1. The van der Waals surface area contributed by atoms with Gasteiger partial charge in [0.25, 0.3) is 0 Å². The number of rotatable bonds is 8. The van der Waals surface area contributed by atoms with Gasteiger partial charge in [-0.2, -0.15) is 0 Å². The molecule has 47 heavy (non-hydrogen) atoms. The number of fused-ring (bicyclic) bond motifs is 7. The molecule has 0 heterocycles. The van der Waals surface area contributed by atoms with E-state index < -0.39 is 22.8 Å². The molecule has 1 N–H and O–H groups in total. The predicted molar refractivity (Wildman–Crippen MR) is 181 cm³/mol. The number of Topliss-reactive ketones (excluding diaryl/α,β-unsaturated/α-hetero) is 1. The van der Waals surface area contributed by atoms with Crippen LogP contribution >= 0.6 is 0 Å². The van der Waals surface area contributed by atoms with E-state index in [1.165, 1.54) is 12.5 Å². The molecule has 5 rings (SSSR count). The predicted octanol–water partition coefficient (Wildman–Crippen LogP) is 8.72. The second-order valence-electron chi connectivity index (χ2n) is 18.6. The van der Waals surface area contributed by atoms with Crippen molar-refractivity contribution in [3.8, 4) is 0 Å². The number of carboxylic acid groups (broad SMARTS) is 1. The third kappa shape index (κ3) is 5.34. The van der Waals surface area contributed by atoms with Gasteiger partial charge in [0, 0.05) is 24.2 Å². The van der Waals surface area contributed by atoms with Gasteiger partial charge in [0.05, 0.1) is 11.8 Å². The first-order valence-electron chi connectivity index (χ1n) is 18.5. The zero-order chi connectivity index (χ0) is 35.1. The fourth-order valence-corrected chi connectivity index (χ4v) is 13.0. The molecule has 0 radical (unpaired) electrons. The summed E-state index contributed by atoms with van der Waals surface area (Å²) in [6.45, 7) is 23.1. The van der Waals surface area contributed by atoms with E-state index in [1.54, 1.807) is 13.8 Å². The summed E-state index contributed by atoms with van der Waals surface area (Å²) in [5.41, 5.74) is 0.591. The number of carbonyl (C=O) groups excluding carboxylic acids is 3. The number of ether oxygens (including phenoxy) is 2. The number of hydrogen-bond acceptors (Lipinski definition) is 6. The molecule has 0 aliphatic heterocycles. The largest absolute Gasteiger partial charge is 0.481 e. The molecule has 0 amide bonds. The molecule has 5 aliphatic rings. The van der Waals surface area contributed by atoms with E-state index in [-0.39, 0.29) is 58.0 Å². The molecular formula is C40H62O7. The second-order valence-corrected chi connectivity index (χ2v) is 18.6. The molecule has 4 fully saturated rings. The van der Waals surface area contributed by atoms with Crippen molar-refractivity contribution in [1.82, 2.24) is 0 Å². The molecule has 0 aromatic rings. The second kappa shape index (κ2) is 11.7. The molecule has 7 nitrogen and oxygen atoms in total. The zero-order valence-corrected chi connectivity index (χ0v) is 31.1. The Morgan fingerprint density at radius 2 is 1.47 bits per heavy atom. The monoisotopic (exact) mass is 654 g/mol. The van der Waals surface area contributed by atoms with E-state index in [4.69, 9.17) is 9.47 Å². The Kier molecular flexibility index (Phi) is 9.00. The highest BCUT2D eigenvalue weighted by Crippen LogP contribution is 2.76. The summed E-state index contributed by atoms with van der Waals surface area (Å²) >= 11 is 0. The van der Waals surface area contributed by atoms with E-state index in [0.717, 1.165) is 56.9 Å². The van der Waals surface area contributed by atoms with Crippen molar-refractivity contribution in [3.05, 3.63) is 11.1 Å². The van der Waals surface area contributed by atoms with Crippen molar-refractivity contribution in [2.75, 3.05) is 0 Å². The molecule has 8 unspecified atom stereocenters. The highest BCUT2D eigenvalue weighted by Gasteiger charge is 2.70. The smallest absolute Gasteiger partial charge is 0.309 e. The van der Waals surface area contributed by atoms with Crippen LogP contribution in [0.25, 0.3) is 0 Å². The van der Waals surface area contributed by atoms with Crippen LogP contribution in [-0.4, -0.2) is 41.0 Å². The zero-order valence-electron chi connectivity index (χ0n) is 31.1. The Balaban J connectivity index is 1.48. The van der Waals surface area contributed by atoms with E-state index in [9.17, 15) is 24.3 Å². The lowest BCUT2D eigenvalue weighted by Crippen LogP contribution is -2.65. The fraction of sp³-hybridized carbons (Fsp3) is 0.850. The maximum absolute atomic E-state index is 13.9. The molecule has 4 saturated carbocycles. The number of esters is 2. The number of hydrogen-bond donors (Lipinski definition) is 1. The number of ketones is 1. The van der Waals surface area contributed by atoms with Gasteiger partial charge in [-0.25, -0.2) is 0 Å². The Labute approximate surface area is 283 Å². The molecule has 264 valence electrons. The molecule has 7 heteroatoms. The first-order chi connectivity index (χ1) is 21.6. The summed E-state index contributed by atoms with van der Waals surface area (Å²) in [4.78, 5) is 51.0. The first kappa shape index (κ1) is 36.1. The van der Waals surface area contributed by atoms with Crippen LogP contribution in [0.1, 0.15) is 147 Å². The standard InChI is InChI=1S/C40H62O7/c1-12-29(46-24(4)41)40-20-15-28-38(10)17-13-26-36(7,8)30(47-31(43)22-35(5,6)34(44)45)16-19-37(26,9)27(38)14-18-39(28,11)33(40)32(23(2)3)25(42)21-40/h23,26-30H,12-22H2,1-11H3,(H,44,45)/t26?,27?,28?,29-,30?,37?,38?,39?,40?/m1/s1. The van der Waals surface area contributed by atoms with Gasteiger partial charge in [0.1, 0.15) is 12.2 Å². The van der Waals surface area contributed by atoms with Crippen molar-refractivity contribution in [3.63, 3.8) is 0 Å². The van der Waals surface area contributed by atoms with Gasteiger partial charge < -0.3 is 14.6 Å². The lowest BCUT2D eigenvalue weighted by Gasteiger charge is -2.71. The molecule has 9 atom stereocenters. The third-order valence-corrected chi connectivity index (χ3v) is 14.9. The molecule has 5 aliphatic carbocycles. The maximum atomic E-state index is 13.9. The van der Waals surface area contributed by atoms with Gasteiger partial charge in [-0.15, -0.1) is 0 Å². The average molecular weight is 655 g/mol. The highest BCUT2D eigenvalue weighted by molar-refractivity contribution is 6.01. The average Bonchev–Trinajstić information content (AvgIpc) is 3.26. The summed E-state index contributed by atoms with van der Waals surface area (Å²) in [6, 6.07) is 0. The SMILES string of the molecule is CC[C@@H](OC(C)=O)C12CCC3C(C)(CCC4C3(C)CCC3C(C)(C)C(OC(=O)CC(C)(C)C(=O)O)CCC34C)C1=C(C(C)C)C(=O)C2. The van der Waals surface area contributed by atoms with Crippen molar-refractivity contribution in [1.29, 1.82) is 0 Å². The molecular weight excluding hydrogens is 592 g/mol. The third-order valence-electron chi connectivity index (χ3n) is 14.9. The lowest BCUT2D eigenvalue weighted by atomic mass is 9.34. The normalized spacial score (nSPS) is 40.1. The van der Waals surface area contributed by atoms with Gasteiger partial charge in [0.2, 0.25) is 0 Å². The van der Waals surface area contributed by atoms with Gasteiger partial charge in [-0.1, -0.05) is 55.4 Å². The van der Waals surface area contributed by atoms with Crippen LogP contribution in [0.2, 0.25) is 0 Å². The Hall–Kier alpha value is -2.18. The van der Waals surface area contributed by atoms with Crippen LogP contribution in [-0.2, 0) is 28.7 Å². The molecule has 0 aromatic heterocycles. The highest BCUT2D eigenvalue weighted by atomic mass is 16.5. The minimum Gasteiger partial charge on any atom is -0.481 e. The summed E-state index contributed by atoms with van der Waals surface area (Å²) in [6.07, 6.45) is 8.48. The van der Waals surface area contributed by atoms with Crippen molar-refractivity contribution in [2.45, 2.75) is 159 Å². The van der Waals surface area contributed by atoms with Crippen molar-refractivity contribution in [2.24, 2.45) is 56.2 Å². The van der Waals surface area contributed by atoms with Crippen LogP contribution < -0.4 is 0 Å². The first-order valence-corrected chi connectivity index (χ1v) is 18.5. The maximum Gasteiger partial charge on any atom is 0.309 e. The Bertz CT molecular complexity index is 1360. The quantitative estimate of drug-likeness (QED) is 0.261. The van der Waals surface area contributed by atoms with Gasteiger partial charge in [-0.3, -0.25) is 19.2 Å². The molecule has 0 bridgehead atoms. The van der Waals surface area contributed by atoms with E-state index in [2.05, 4.69) is 55.4 Å². The van der Waals surface area contributed by atoms with Crippen LogP contribution in [0.15, 0.2) is 11.1 Å². The van der Waals surface area contributed by atoms with E-state index in [1.807, 2.05) is 0 Å². The molecule has 0 spiro atoms. The molecule has 0 saturated heterocycles. The Morgan fingerprint density at radius 3 is 2.04 bits per heavy atom. The summed E-state index contributed by atoms with van der Waals surface area (Å²) < 4.78 is 12.2. The van der Waals surface area contributed by atoms with E-state index in [0.29, 0.717) is 30.6 Å². The van der Waals surface area contributed by atoms with Crippen molar-refractivity contribution >= 4 is 23.7 Å². The lowest BCUT2D eigenvalue weighted by molar-refractivity contribution is -0.224. The summed E-state index contributed by atoms with van der Waals surface area (Å²) in [5, 5.41) is 9.57. The van der Waals surface area contributed by atoms with Crippen LogP contribution in [0.4, 0.5) is 0 Å². The number of carboxylic acids is 1. The topological polar surface area (TPSA) is 107 Å². The van der Waals surface area contributed by atoms with Crippen molar-refractivity contribution < 1.29 is 33.8 Å². The van der Waals surface area contributed by atoms with E-state index >= 15 is 0 Å². The van der Waals surface area contributed by atoms with Gasteiger partial charge >= 0.3 is 17.9 Å². The minimum absolute atomic E-state index is 0.0834. The van der Waals surface area contributed by atoms with Gasteiger partial charge in [-0.05, 0) is 123 Å². The summed E-state index contributed by atoms with van der Waals surface area (Å²) in [5.74, 6) is 0.0350.